The van der Waals surface area contributed by atoms with E-state index in [1.165, 1.54) is 17.7 Å². The van der Waals surface area contributed by atoms with Crippen molar-refractivity contribution in [2.75, 3.05) is 6.54 Å². The third-order valence-corrected chi connectivity index (χ3v) is 3.22. The summed E-state index contributed by atoms with van der Waals surface area (Å²) in [5.74, 6) is 0. The van der Waals surface area contributed by atoms with Crippen molar-refractivity contribution in [3.8, 4) is 6.07 Å². The van der Waals surface area contributed by atoms with Gasteiger partial charge >= 0.3 is 0 Å². The molecule has 0 spiro atoms. The van der Waals surface area contributed by atoms with Crippen molar-refractivity contribution >= 4 is 11.3 Å². The highest BCUT2D eigenvalue weighted by atomic mass is 32.1. The van der Waals surface area contributed by atoms with Gasteiger partial charge in [0.1, 0.15) is 6.07 Å². The Morgan fingerprint density at radius 3 is 3.25 bits per heavy atom. The molecular formula is C9H10N2S. The Labute approximate surface area is 75.8 Å². The van der Waals surface area contributed by atoms with Gasteiger partial charge in [-0.05, 0) is 30.8 Å². The largest absolute Gasteiger partial charge is 0.309 e. The van der Waals surface area contributed by atoms with Gasteiger partial charge in [-0.15, -0.1) is 11.3 Å². The SMILES string of the molecule is N#Cc1ccsc1[C@@H]1CCCN1. The molecule has 2 heterocycles. The van der Waals surface area contributed by atoms with Crippen LogP contribution in [0.25, 0.3) is 0 Å². The van der Waals surface area contributed by atoms with Crippen molar-refractivity contribution in [2.24, 2.45) is 0 Å². The number of thiophene rings is 1. The molecular weight excluding hydrogens is 168 g/mol. The minimum Gasteiger partial charge on any atom is -0.309 e. The minimum atomic E-state index is 0.444. The molecule has 0 saturated carbocycles. The lowest BCUT2D eigenvalue weighted by atomic mass is 10.1. The Morgan fingerprint density at radius 2 is 2.58 bits per heavy atom. The normalized spacial score (nSPS) is 22.4. The highest BCUT2D eigenvalue weighted by Gasteiger charge is 2.19. The Kier molecular flexibility index (Phi) is 2.11. The van der Waals surface area contributed by atoms with E-state index in [0.717, 1.165) is 12.1 Å². The van der Waals surface area contributed by atoms with Gasteiger partial charge in [0.25, 0.3) is 0 Å². The van der Waals surface area contributed by atoms with Crippen LogP contribution in [0.3, 0.4) is 0 Å². The van der Waals surface area contributed by atoms with Crippen molar-refractivity contribution in [1.82, 2.24) is 5.32 Å². The van der Waals surface area contributed by atoms with Crippen LogP contribution in [-0.4, -0.2) is 6.54 Å². The standard InChI is InChI=1S/C9H10N2S/c10-6-7-3-5-12-9(7)8-2-1-4-11-8/h3,5,8,11H,1-2,4H2/t8-/m0/s1. The molecule has 0 aromatic carbocycles. The van der Waals surface area contributed by atoms with Gasteiger partial charge in [0.2, 0.25) is 0 Å². The molecule has 1 aliphatic rings. The van der Waals surface area contributed by atoms with Gasteiger partial charge in [-0.3, -0.25) is 0 Å². The first-order valence-electron chi connectivity index (χ1n) is 4.12. The van der Waals surface area contributed by atoms with E-state index in [1.807, 2.05) is 11.4 Å². The van der Waals surface area contributed by atoms with Gasteiger partial charge < -0.3 is 5.32 Å². The molecule has 12 heavy (non-hydrogen) atoms. The molecule has 1 N–H and O–H groups in total. The molecule has 1 atom stereocenters. The lowest BCUT2D eigenvalue weighted by molar-refractivity contribution is 0.658. The highest BCUT2D eigenvalue weighted by molar-refractivity contribution is 7.10. The maximum Gasteiger partial charge on any atom is 0.100 e. The molecule has 1 aliphatic heterocycles. The summed E-state index contributed by atoms with van der Waals surface area (Å²) >= 11 is 1.69. The van der Waals surface area contributed by atoms with Crippen LogP contribution in [0.1, 0.15) is 29.3 Å². The van der Waals surface area contributed by atoms with E-state index < -0.39 is 0 Å². The fraction of sp³-hybridized carbons (Fsp3) is 0.444. The average molecular weight is 178 g/mol. The summed E-state index contributed by atoms with van der Waals surface area (Å²) in [6.07, 6.45) is 2.41. The second kappa shape index (κ2) is 3.26. The van der Waals surface area contributed by atoms with Gasteiger partial charge in [0, 0.05) is 10.9 Å². The summed E-state index contributed by atoms with van der Waals surface area (Å²) < 4.78 is 0. The van der Waals surface area contributed by atoms with E-state index in [9.17, 15) is 0 Å². The smallest absolute Gasteiger partial charge is 0.100 e. The van der Waals surface area contributed by atoms with E-state index in [1.54, 1.807) is 11.3 Å². The average Bonchev–Trinajstić information content (AvgIpc) is 2.74. The van der Waals surface area contributed by atoms with E-state index >= 15 is 0 Å². The molecule has 3 heteroatoms. The van der Waals surface area contributed by atoms with E-state index in [2.05, 4.69) is 11.4 Å². The summed E-state index contributed by atoms with van der Waals surface area (Å²) in [4.78, 5) is 1.22. The number of rotatable bonds is 1. The molecule has 62 valence electrons. The summed E-state index contributed by atoms with van der Waals surface area (Å²) in [7, 11) is 0. The zero-order chi connectivity index (χ0) is 8.39. The zero-order valence-corrected chi connectivity index (χ0v) is 7.53. The summed E-state index contributed by atoms with van der Waals surface area (Å²) in [5.41, 5.74) is 0.847. The number of nitrogens with zero attached hydrogens (tertiary/aromatic N) is 1. The topological polar surface area (TPSA) is 35.8 Å². The van der Waals surface area contributed by atoms with Crippen LogP contribution in [-0.2, 0) is 0 Å². The molecule has 0 unspecified atom stereocenters. The van der Waals surface area contributed by atoms with Crippen molar-refractivity contribution in [2.45, 2.75) is 18.9 Å². The predicted octanol–water partition coefficient (Wildman–Crippen LogP) is 2.04. The zero-order valence-electron chi connectivity index (χ0n) is 6.71. The van der Waals surface area contributed by atoms with Crippen LogP contribution in [0.5, 0.6) is 0 Å². The van der Waals surface area contributed by atoms with Crippen LogP contribution in [0, 0.1) is 11.3 Å². The maximum atomic E-state index is 8.80. The van der Waals surface area contributed by atoms with Gasteiger partial charge in [0.15, 0.2) is 0 Å². The quantitative estimate of drug-likeness (QED) is 0.714. The van der Waals surface area contributed by atoms with Crippen LogP contribution >= 0.6 is 11.3 Å². The van der Waals surface area contributed by atoms with Gasteiger partial charge in [-0.1, -0.05) is 0 Å². The Balaban J connectivity index is 2.27. The van der Waals surface area contributed by atoms with Crippen LogP contribution in [0.15, 0.2) is 11.4 Å². The first kappa shape index (κ1) is 7.78. The lowest BCUT2D eigenvalue weighted by Gasteiger charge is -2.06. The monoisotopic (exact) mass is 178 g/mol. The van der Waals surface area contributed by atoms with Crippen molar-refractivity contribution in [1.29, 1.82) is 5.26 Å². The predicted molar refractivity (Wildman–Crippen MR) is 49.0 cm³/mol. The van der Waals surface area contributed by atoms with E-state index in [-0.39, 0.29) is 0 Å². The molecule has 2 nitrogen and oxygen atoms in total. The molecule has 0 aliphatic carbocycles. The number of hydrogen-bond donors (Lipinski definition) is 1. The number of nitrogens with one attached hydrogen (secondary N) is 1. The summed E-state index contributed by atoms with van der Waals surface area (Å²) in [6.45, 7) is 1.09. The minimum absolute atomic E-state index is 0.444. The molecule has 1 aromatic rings. The van der Waals surface area contributed by atoms with Crippen molar-refractivity contribution < 1.29 is 0 Å². The Hall–Kier alpha value is -0.850. The third kappa shape index (κ3) is 1.24. The van der Waals surface area contributed by atoms with Crippen molar-refractivity contribution in [3.05, 3.63) is 21.9 Å². The first-order valence-corrected chi connectivity index (χ1v) is 5.00. The second-order valence-electron chi connectivity index (χ2n) is 2.96. The third-order valence-electron chi connectivity index (χ3n) is 2.19. The summed E-state index contributed by atoms with van der Waals surface area (Å²) in [5, 5.41) is 14.2. The van der Waals surface area contributed by atoms with Gasteiger partial charge in [0.05, 0.1) is 5.56 Å². The van der Waals surface area contributed by atoms with Gasteiger partial charge in [-0.25, -0.2) is 0 Å². The molecule has 0 radical (unpaired) electrons. The fourth-order valence-corrected chi connectivity index (χ4v) is 2.55. The highest BCUT2D eigenvalue weighted by Crippen LogP contribution is 2.29. The van der Waals surface area contributed by atoms with Crippen LogP contribution < -0.4 is 5.32 Å². The maximum absolute atomic E-state index is 8.80. The first-order chi connectivity index (χ1) is 5.92. The molecule has 0 amide bonds. The molecule has 2 rings (SSSR count). The molecule has 0 bridgehead atoms. The van der Waals surface area contributed by atoms with Crippen LogP contribution in [0.2, 0.25) is 0 Å². The Morgan fingerprint density at radius 1 is 1.67 bits per heavy atom. The molecule has 1 saturated heterocycles. The fourth-order valence-electron chi connectivity index (χ4n) is 1.59. The molecule has 1 aromatic heterocycles. The van der Waals surface area contributed by atoms with E-state index in [0.29, 0.717) is 6.04 Å². The second-order valence-corrected chi connectivity index (χ2v) is 3.91. The van der Waals surface area contributed by atoms with Crippen LogP contribution in [0.4, 0.5) is 0 Å². The van der Waals surface area contributed by atoms with Crippen molar-refractivity contribution in [3.63, 3.8) is 0 Å². The lowest BCUT2D eigenvalue weighted by Crippen LogP contribution is -2.12. The molecule has 1 fully saturated rings. The Bertz CT molecular complexity index is 305. The van der Waals surface area contributed by atoms with Gasteiger partial charge in [-0.2, -0.15) is 5.26 Å². The summed E-state index contributed by atoms with van der Waals surface area (Å²) in [6, 6.07) is 4.57. The number of nitriles is 1. The van der Waals surface area contributed by atoms with E-state index in [4.69, 9.17) is 5.26 Å². The number of hydrogen-bond acceptors (Lipinski definition) is 3.